The van der Waals surface area contributed by atoms with E-state index in [1.165, 1.54) is 43.9 Å². The van der Waals surface area contributed by atoms with Crippen LogP contribution >= 0.6 is 0 Å². The molecule has 0 heterocycles. The van der Waals surface area contributed by atoms with E-state index in [2.05, 4.69) is 76.0 Å². The third-order valence-corrected chi connectivity index (χ3v) is 19.0. The van der Waals surface area contributed by atoms with Crippen LogP contribution in [0.3, 0.4) is 0 Å². The van der Waals surface area contributed by atoms with Gasteiger partial charge in [0.25, 0.3) is 0 Å². The molecule has 0 aromatic carbocycles. The van der Waals surface area contributed by atoms with Gasteiger partial charge in [-0.25, -0.2) is 0 Å². The average molecular weight is 407 g/mol. The molecule has 0 aromatic rings. The monoisotopic (exact) mass is 408 g/mol. The van der Waals surface area contributed by atoms with Crippen LogP contribution in [0.2, 0.25) is 17.7 Å². The van der Waals surface area contributed by atoms with Crippen LogP contribution in [0.25, 0.3) is 0 Å². The molecule has 0 aliphatic carbocycles. The summed E-state index contributed by atoms with van der Waals surface area (Å²) in [6.45, 7) is 5.13. The molecule has 0 atom stereocenters. The molecule has 128 valence electrons. The minimum atomic E-state index is -2.07. The summed E-state index contributed by atoms with van der Waals surface area (Å²) >= 11 is -2.07. The van der Waals surface area contributed by atoms with E-state index in [0.717, 1.165) is 0 Å². The minimum absolute atomic E-state index is 1.28. The molecular formula is C16H40N4Sn. The Kier molecular flexibility index (Phi) is 11.6. The summed E-state index contributed by atoms with van der Waals surface area (Å²) in [5, 5.41) is 0. The van der Waals surface area contributed by atoms with Crippen LogP contribution in [0.15, 0.2) is 0 Å². The molecule has 4 nitrogen and oxygen atoms in total. The molecule has 0 amide bonds. The van der Waals surface area contributed by atoms with Crippen molar-refractivity contribution in [3.05, 3.63) is 0 Å². The number of rotatable bonds is 12. The van der Waals surface area contributed by atoms with Gasteiger partial charge in [-0.05, 0) is 0 Å². The first kappa shape index (κ1) is 21.6. The Balaban J connectivity index is 4.85. The Bertz CT molecular complexity index is 201. The van der Waals surface area contributed by atoms with E-state index >= 15 is 0 Å². The van der Waals surface area contributed by atoms with Crippen LogP contribution in [0, 0.1) is 0 Å². The fourth-order valence-electron chi connectivity index (χ4n) is 2.59. The van der Waals surface area contributed by atoms with Crippen molar-refractivity contribution >= 4 is 18.4 Å². The van der Waals surface area contributed by atoms with E-state index in [9.17, 15) is 0 Å². The second kappa shape index (κ2) is 11.2. The normalized spacial score (nSPS) is 13.1. The first-order valence-electron chi connectivity index (χ1n) is 8.26. The summed E-state index contributed by atoms with van der Waals surface area (Å²) in [5.41, 5.74) is 0. The van der Waals surface area contributed by atoms with Gasteiger partial charge in [0.1, 0.15) is 0 Å². The zero-order valence-corrected chi connectivity index (χ0v) is 18.8. The Morgan fingerprint density at radius 3 is 0.762 bits per heavy atom. The van der Waals surface area contributed by atoms with Gasteiger partial charge in [-0.3, -0.25) is 0 Å². The van der Waals surface area contributed by atoms with Gasteiger partial charge in [0, 0.05) is 0 Å². The third kappa shape index (κ3) is 11.8. The van der Waals surface area contributed by atoms with Crippen molar-refractivity contribution in [2.24, 2.45) is 0 Å². The zero-order chi connectivity index (χ0) is 16.5. The second-order valence-corrected chi connectivity index (χ2v) is 22.0. The van der Waals surface area contributed by atoms with E-state index in [1.54, 1.807) is 0 Å². The van der Waals surface area contributed by atoms with Gasteiger partial charge in [-0.15, -0.1) is 0 Å². The summed E-state index contributed by atoms with van der Waals surface area (Å²) in [7, 11) is 17.8. The number of hydrogen-bond acceptors (Lipinski definition) is 4. The molecule has 0 aliphatic rings. The Labute approximate surface area is 138 Å². The summed E-state index contributed by atoms with van der Waals surface area (Å²) in [4.78, 5) is 9.53. The second-order valence-electron chi connectivity index (χ2n) is 7.71. The molecule has 0 bridgehead atoms. The van der Waals surface area contributed by atoms with Crippen molar-refractivity contribution < 1.29 is 0 Å². The standard InChI is InChI=1S/4C4H10N.Sn/c4*1-4-5(2)3;/h4*1,4H2,2-3H3;. The molecule has 21 heavy (non-hydrogen) atoms. The first-order valence-corrected chi connectivity index (χ1v) is 16.3. The Morgan fingerprint density at radius 2 is 0.619 bits per heavy atom. The summed E-state index contributed by atoms with van der Waals surface area (Å²) in [6, 6.07) is 0. The van der Waals surface area contributed by atoms with Crippen LogP contribution < -0.4 is 0 Å². The van der Waals surface area contributed by atoms with Gasteiger partial charge >= 0.3 is 138 Å². The summed E-state index contributed by atoms with van der Waals surface area (Å²) < 4.78 is 6.04. The van der Waals surface area contributed by atoms with Gasteiger partial charge in [-0.2, -0.15) is 0 Å². The van der Waals surface area contributed by atoms with Crippen molar-refractivity contribution in [3.8, 4) is 0 Å². The predicted molar refractivity (Wildman–Crippen MR) is 99.2 cm³/mol. The van der Waals surface area contributed by atoms with Crippen molar-refractivity contribution in [1.29, 1.82) is 0 Å². The molecule has 5 heteroatoms. The zero-order valence-electron chi connectivity index (χ0n) is 15.9. The van der Waals surface area contributed by atoms with Crippen LogP contribution in [-0.2, 0) is 0 Å². The van der Waals surface area contributed by atoms with Crippen LogP contribution in [0.4, 0.5) is 0 Å². The predicted octanol–water partition coefficient (Wildman–Crippen LogP) is 1.68. The molecule has 0 saturated heterocycles. The molecule has 0 unspecified atom stereocenters. The van der Waals surface area contributed by atoms with E-state index in [4.69, 9.17) is 0 Å². The maximum absolute atomic E-state index is 2.38. The number of nitrogens with zero attached hydrogens (tertiary/aromatic N) is 4. The van der Waals surface area contributed by atoms with E-state index in [-0.39, 0.29) is 0 Å². The van der Waals surface area contributed by atoms with Crippen molar-refractivity contribution in [3.63, 3.8) is 0 Å². The SMILES string of the molecule is CN(C)C[CH2][Sn]([CH2]CN(C)C)([CH2]CN(C)C)[CH2]CN(C)C. The van der Waals surface area contributed by atoms with E-state index < -0.39 is 18.4 Å². The van der Waals surface area contributed by atoms with Crippen molar-refractivity contribution in [2.45, 2.75) is 17.7 Å². The summed E-state index contributed by atoms with van der Waals surface area (Å²) in [5.74, 6) is 0. The quantitative estimate of drug-likeness (QED) is 0.457. The molecule has 0 spiro atoms. The third-order valence-electron chi connectivity index (χ3n) is 4.36. The topological polar surface area (TPSA) is 13.0 Å². The fraction of sp³-hybridized carbons (Fsp3) is 1.00. The molecule has 0 fully saturated rings. The molecule has 0 aromatic heterocycles. The van der Waals surface area contributed by atoms with Gasteiger partial charge in [0.2, 0.25) is 0 Å². The molecule has 0 radical (unpaired) electrons. The summed E-state index contributed by atoms with van der Waals surface area (Å²) in [6.07, 6.45) is 0. The van der Waals surface area contributed by atoms with E-state index in [0.29, 0.717) is 0 Å². The fourth-order valence-corrected chi connectivity index (χ4v) is 17.4. The van der Waals surface area contributed by atoms with Gasteiger partial charge in [0.15, 0.2) is 0 Å². The van der Waals surface area contributed by atoms with Gasteiger partial charge in [-0.1, -0.05) is 0 Å². The molecular weight excluding hydrogens is 367 g/mol. The van der Waals surface area contributed by atoms with Crippen molar-refractivity contribution in [1.82, 2.24) is 19.6 Å². The average Bonchev–Trinajstić information content (AvgIpc) is 2.36. The van der Waals surface area contributed by atoms with Crippen LogP contribution in [-0.4, -0.2) is 121 Å². The van der Waals surface area contributed by atoms with Crippen LogP contribution in [0.5, 0.6) is 0 Å². The molecule has 0 aliphatic heterocycles. The Morgan fingerprint density at radius 1 is 0.429 bits per heavy atom. The Hall–Kier alpha value is 0.639. The maximum atomic E-state index is 2.38. The van der Waals surface area contributed by atoms with Crippen LogP contribution in [0.1, 0.15) is 0 Å². The van der Waals surface area contributed by atoms with Gasteiger partial charge < -0.3 is 0 Å². The van der Waals surface area contributed by atoms with E-state index in [1.807, 2.05) is 0 Å². The molecule has 0 saturated carbocycles. The number of hydrogen-bond donors (Lipinski definition) is 0. The molecule has 0 N–H and O–H groups in total. The first-order chi connectivity index (χ1) is 9.67. The van der Waals surface area contributed by atoms with Gasteiger partial charge in [0.05, 0.1) is 0 Å². The molecule has 0 rings (SSSR count). The van der Waals surface area contributed by atoms with Crippen molar-refractivity contribution in [2.75, 3.05) is 82.6 Å².